The summed E-state index contributed by atoms with van der Waals surface area (Å²) < 4.78 is 16.6. The number of aromatic nitrogens is 2. The van der Waals surface area contributed by atoms with E-state index in [4.69, 9.17) is 25.8 Å². The molecule has 9 heteroatoms. The van der Waals surface area contributed by atoms with Gasteiger partial charge in [0.05, 0.1) is 19.3 Å². The molecule has 30 heavy (non-hydrogen) atoms. The van der Waals surface area contributed by atoms with E-state index in [0.29, 0.717) is 30.4 Å². The first kappa shape index (κ1) is 22.0. The Labute approximate surface area is 181 Å². The molecule has 1 aliphatic heterocycles. The van der Waals surface area contributed by atoms with Crippen LogP contribution in [0.15, 0.2) is 30.5 Å². The van der Waals surface area contributed by atoms with Gasteiger partial charge in [0, 0.05) is 13.1 Å². The Hall–Kier alpha value is -2.74. The van der Waals surface area contributed by atoms with E-state index >= 15 is 0 Å². The lowest BCUT2D eigenvalue weighted by Gasteiger charge is -2.29. The summed E-state index contributed by atoms with van der Waals surface area (Å²) in [6.07, 6.45) is 3.09. The second-order valence-corrected chi connectivity index (χ2v) is 8.32. The van der Waals surface area contributed by atoms with Crippen molar-refractivity contribution in [1.82, 2.24) is 14.9 Å². The quantitative estimate of drug-likeness (QED) is 0.657. The van der Waals surface area contributed by atoms with Crippen LogP contribution >= 0.6 is 11.6 Å². The molecule has 1 amide bonds. The Bertz CT molecular complexity index is 870. The molecule has 1 aromatic heterocycles. The van der Waals surface area contributed by atoms with E-state index < -0.39 is 5.60 Å². The van der Waals surface area contributed by atoms with Crippen LogP contribution in [-0.4, -0.2) is 52.8 Å². The van der Waals surface area contributed by atoms with Gasteiger partial charge in [0.25, 0.3) is 0 Å². The fraction of sp³-hybridized carbons (Fsp3) is 0.476. The summed E-state index contributed by atoms with van der Waals surface area (Å²) in [6, 6.07) is 7.15. The zero-order chi connectivity index (χ0) is 21.7. The van der Waals surface area contributed by atoms with Gasteiger partial charge in [0.2, 0.25) is 11.2 Å². The van der Waals surface area contributed by atoms with Gasteiger partial charge in [-0.2, -0.15) is 4.98 Å². The Morgan fingerprint density at radius 3 is 2.63 bits per heavy atom. The number of halogens is 1. The van der Waals surface area contributed by atoms with E-state index in [9.17, 15) is 4.79 Å². The van der Waals surface area contributed by atoms with E-state index in [2.05, 4.69) is 15.3 Å². The largest absolute Gasteiger partial charge is 0.497 e. The molecule has 1 aliphatic rings. The van der Waals surface area contributed by atoms with Gasteiger partial charge < -0.3 is 24.4 Å². The van der Waals surface area contributed by atoms with Crippen molar-refractivity contribution in [3.8, 4) is 17.4 Å². The molecule has 162 valence electrons. The lowest BCUT2D eigenvalue weighted by molar-refractivity contribution is 0.0235. The zero-order valence-electron chi connectivity index (χ0n) is 17.6. The molecule has 2 heterocycles. The topological polar surface area (TPSA) is 85.8 Å². The second-order valence-electron chi connectivity index (χ2n) is 7.99. The highest BCUT2D eigenvalue weighted by atomic mass is 35.5. The summed E-state index contributed by atoms with van der Waals surface area (Å²) in [4.78, 5) is 22.5. The van der Waals surface area contributed by atoms with Gasteiger partial charge in [0.1, 0.15) is 22.8 Å². The number of amides is 1. The summed E-state index contributed by atoms with van der Waals surface area (Å²) in [5, 5.41) is 3.37. The van der Waals surface area contributed by atoms with Gasteiger partial charge in [-0.25, -0.2) is 9.78 Å². The number of carbonyl (C=O) groups excluding carboxylic acids is 1. The number of hydrogen-bond donors (Lipinski definition) is 1. The molecular formula is C21H27ClN4O4. The maximum atomic E-state index is 12.5. The van der Waals surface area contributed by atoms with Crippen molar-refractivity contribution in [2.75, 3.05) is 25.5 Å². The molecule has 1 unspecified atom stereocenters. The van der Waals surface area contributed by atoms with Crippen LogP contribution in [0.3, 0.4) is 0 Å². The SMILES string of the molecule is COc1ccc(Oc2nc(Cl)ncc2NCC2CCCN2C(=O)OC(C)(C)C)cc1. The molecule has 1 fully saturated rings. The van der Waals surface area contributed by atoms with Crippen molar-refractivity contribution >= 4 is 23.4 Å². The predicted molar refractivity (Wildman–Crippen MR) is 115 cm³/mol. The number of nitrogens with zero attached hydrogens (tertiary/aromatic N) is 3. The maximum absolute atomic E-state index is 12.5. The Morgan fingerprint density at radius 2 is 1.97 bits per heavy atom. The van der Waals surface area contributed by atoms with Crippen LogP contribution in [-0.2, 0) is 4.74 Å². The molecule has 1 atom stereocenters. The highest BCUT2D eigenvalue weighted by Gasteiger charge is 2.32. The van der Waals surface area contributed by atoms with Crippen LogP contribution in [0.5, 0.6) is 17.4 Å². The molecule has 0 radical (unpaired) electrons. The Morgan fingerprint density at radius 1 is 1.27 bits per heavy atom. The third-order valence-electron chi connectivity index (χ3n) is 4.53. The minimum Gasteiger partial charge on any atom is -0.497 e. The van der Waals surface area contributed by atoms with Gasteiger partial charge in [0.15, 0.2) is 0 Å². The molecule has 0 spiro atoms. The molecule has 2 aromatic rings. The van der Waals surface area contributed by atoms with Crippen molar-refractivity contribution in [3.63, 3.8) is 0 Å². The molecule has 8 nitrogen and oxygen atoms in total. The summed E-state index contributed by atoms with van der Waals surface area (Å²) in [5.74, 6) is 1.62. The van der Waals surface area contributed by atoms with Crippen molar-refractivity contribution < 1.29 is 19.0 Å². The number of likely N-dealkylation sites (tertiary alicyclic amines) is 1. The highest BCUT2D eigenvalue weighted by Crippen LogP contribution is 2.30. The van der Waals surface area contributed by atoms with Gasteiger partial charge >= 0.3 is 6.09 Å². The summed E-state index contributed by atoms with van der Waals surface area (Å²) in [5.41, 5.74) is 0.0624. The fourth-order valence-corrected chi connectivity index (χ4v) is 3.26. The number of rotatable bonds is 6. The normalized spacial score (nSPS) is 16.3. The number of carbonyl (C=O) groups is 1. The number of nitrogens with one attached hydrogen (secondary N) is 1. The minimum atomic E-state index is -0.527. The van der Waals surface area contributed by atoms with E-state index in [1.54, 1.807) is 42.5 Å². The lowest BCUT2D eigenvalue weighted by atomic mass is 10.2. The summed E-state index contributed by atoms with van der Waals surface area (Å²) in [6.45, 7) is 6.78. The van der Waals surface area contributed by atoms with Crippen LogP contribution < -0.4 is 14.8 Å². The van der Waals surface area contributed by atoms with Crippen molar-refractivity contribution in [2.45, 2.75) is 45.3 Å². The van der Waals surface area contributed by atoms with Crippen molar-refractivity contribution in [2.24, 2.45) is 0 Å². The Kier molecular flexibility index (Phi) is 6.87. The fourth-order valence-electron chi connectivity index (χ4n) is 3.14. The second kappa shape index (κ2) is 9.38. The van der Waals surface area contributed by atoms with E-state index in [-0.39, 0.29) is 17.4 Å². The minimum absolute atomic E-state index is 0.00404. The lowest BCUT2D eigenvalue weighted by Crippen LogP contribution is -2.42. The number of benzene rings is 1. The first-order valence-corrected chi connectivity index (χ1v) is 10.2. The average molecular weight is 435 g/mol. The molecule has 0 saturated carbocycles. The van der Waals surface area contributed by atoms with E-state index in [1.165, 1.54) is 0 Å². The highest BCUT2D eigenvalue weighted by molar-refractivity contribution is 6.28. The van der Waals surface area contributed by atoms with Gasteiger partial charge in [-0.3, -0.25) is 0 Å². The number of methoxy groups -OCH3 is 1. The third kappa shape index (κ3) is 5.89. The van der Waals surface area contributed by atoms with Crippen LogP contribution in [0.25, 0.3) is 0 Å². The molecular weight excluding hydrogens is 408 g/mol. The van der Waals surface area contributed by atoms with E-state index in [0.717, 1.165) is 18.6 Å². The number of hydrogen-bond acceptors (Lipinski definition) is 7. The van der Waals surface area contributed by atoms with Crippen LogP contribution in [0.4, 0.5) is 10.5 Å². The molecule has 1 N–H and O–H groups in total. The molecule has 3 rings (SSSR count). The monoisotopic (exact) mass is 434 g/mol. The molecule has 0 bridgehead atoms. The number of ether oxygens (including phenoxy) is 3. The molecule has 1 saturated heterocycles. The Balaban J connectivity index is 1.68. The van der Waals surface area contributed by atoms with Gasteiger partial charge in [-0.15, -0.1) is 0 Å². The number of anilines is 1. The molecule has 0 aliphatic carbocycles. The first-order chi connectivity index (χ1) is 14.2. The first-order valence-electron chi connectivity index (χ1n) is 9.83. The van der Waals surface area contributed by atoms with Crippen molar-refractivity contribution in [1.29, 1.82) is 0 Å². The van der Waals surface area contributed by atoms with Crippen molar-refractivity contribution in [3.05, 3.63) is 35.7 Å². The third-order valence-corrected chi connectivity index (χ3v) is 4.71. The van der Waals surface area contributed by atoms with Gasteiger partial charge in [-0.05, 0) is 69.5 Å². The predicted octanol–water partition coefficient (Wildman–Crippen LogP) is 4.74. The standard InChI is InChI=1S/C21H27ClN4O4/c1-21(2,3)30-20(27)26-11-5-6-14(26)12-23-17-13-24-19(22)25-18(17)29-16-9-7-15(28-4)8-10-16/h7-10,13-14,23H,5-6,11-12H2,1-4H3. The smallest absolute Gasteiger partial charge is 0.410 e. The van der Waals surface area contributed by atoms with Crippen LogP contribution in [0.2, 0.25) is 5.28 Å². The van der Waals surface area contributed by atoms with Gasteiger partial charge in [-0.1, -0.05) is 0 Å². The van der Waals surface area contributed by atoms with E-state index in [1.807, 2.05) is 20.8 Å². The van der Waals surface area contributed by atoms with Crippen LogP contribution in [0.1, 0.15) is 33.6 Å². The zero-order valence-corrected chi connectivity index (χ0v) is 18.4. The summed E-state index contributed by atoms with van der Waals surface area (Å²) in [7, 11) is 1.60. The molecule has 1 aromatic carbocycles. The average Bonchev–Trinajstić information content (AvgIpc) is 3.15. The maximum Gasteiger partial charge on any atom is 0.410 e. The van der Waals surface area contributed by atoms with Crippen LogP contribution in [0, 0.1) is 0 Å². The summed E-state index contributed by atoms with van der Waals surface area (Å²) >= 11 is 5.96.